The number of hydrogen-bond acceptors (Lipinski definition) is 3. The molecule has 0 saturated carbocycles. The number of hydrogen-bond donors (Lipinski definition) is 2. The summed E-state index contributed by atoms with van der Waals surface area (Å²) < 4.78 is 0. The Bertz CT molecular complexity index is 564. The first kappa shape index (κ1) is 14.1. The normalized spacial score (nSPS) is 12.1. The van der Waals surface area contributed by atoms with E-state index in [-0.39, 0.29) is 11.9 Å². The number of carbonyl (C=O) groups excluding carboxylic acids is 1. The average Bonchev–Trinajstić information content (AvgIpc) is 2.91. The predicted octanol–water partition coefficient (Wildman–Crippen LogP) is 2.43. The molecule has 1 aromatic heterocycles. The van der Waals surface area contributed by atoms with E-state index in [1.54, 1.807) is 6.07 Å². The molecule has 1 aromatic carbocycles. The number of anilines is 1. The predicted molar refractivity (Wildman–Crippen MR) is 79.1 cm³/mol. The maximum atomic E-state index is 12.6. The Balaban J connectivity index is 2.21. The highest BCUT2D eigenvalue weighted by Crippen LogP contribution is 2.15. The van der Waals surface area contributed by atoms with Crippen LogP contribution in [0.1, 0.15) is 36.3 Å². The smallest absolute Gasteiger partial charge is 0.272 e. The van der Waals surface area contributed by atoms with E-state index in [0.717, 1.165) is 12.0 Å². The number of nitrogens with zero attached hydrogens (tertiary/aromatic N) is 2. The molecule has 2 aromatic rings. The largest absolute Gasteiger partial charge is 0.382 e. The third kappa shape index (κ3) is 3.17. The quantitative estimate of drug-likeness (QED) is 0.877. The third-order valence-corrected chi connectivity index (χ3v) is 3.41. The van der Waals surface area contributed by atoms with E-state index < -0.39 is 0 Å². The lowest BCUT2D eigenvalue weighted by Gasteiger charge is -2.28. The number of nitrogens with two attached hydrogens (primary N) is 1. The monoisotopic (exact) mass is 272 g/mol. The van der Waals surface area contributed by atoms with Crippen molar-refractivity contribution >= 4 is 11.7 Å². The molecule has 2 rings (SSSR count). The molecule has 0 spiro atoms. The van der Waals surface area contributed by atoms with Gasteiger partial charge < -0.3 is 10.6 Å². The molecule has 0 radical (unpaired) electrons. The lowest BCUT2D eigenvalue weighted by atomic mass is 10.1. The van der Waals surface area contributed by atoms with Crippen LogP contribution in [0.15, 0.2) is 36.4 Å². The van der Waals surface area contributed by atoms with Gasteiger partial charge in [0.25, 0.3) is 5.91 Å². The topological polar surface area (TPSA) is 75.0 Å². The maximum Gasteiger partial charge on any atom is 0.272 e. The molecular weight excluding hydrogens is 252 g/mol. The van der Waals surface area contributed by atoms with Gasteiger partial charge in [0, 0.05) is 18.7 Å². The van der Waals surface area contributed by atoms with Gasteiger partial charge >= 0.3 is 0 Å². The van der Waals surface area contributed by atoms with Crippen LogP contribution >= 0.6 is 0 Å². The molecule has 0 aliphatic heterocycles. The zero-order chi connectivity index (χ0) is 14.5. The fourth-order valence-electron chi connectivity index (χ4n) is 2.03. The highest BCUT2D eigenvalue weighted by molar-refractivity contribution is 5.93. The minimum Gasteiger partial charge on any atom is -0.382 e. The Labute approximate surface area is 118 Å². The van der Waals surface area contributed by atoms with Gasteiger partial charge in [-0.1, -0.05) is 37.3 Å². The Morgan fingerprint density at radius 2 is 2.10 bits per heavy atom. The van der Waals surface area contributed by atoms with Crippen LogP contribution in [-0.2, 0) is 6.54 Å². The Morgan fingerprint density at radius 3 is 2.65 bits per heavy atom. The van der Waals surface area contributed by atoms with Gasteiger partial charge in [0.05, 0.1) is 0 Å². The van der Waals surface area contributed by atoms with Gasteiger partial charge in [0.2, 0.25) is 0 Å². The molecule has 5 nitrogen and oxygen atoms in total. The number of benzene rings is 1. The first-order valence-corrected chi connectivity index (χ1v) is 6.77. The van der Waals surface area contributed by atoms with Gasteiger partial charge in [-0.3, -0.25) is 9.89 Å². The number of amides is 1. The molecule has 0 saturated heterocycles. The minimum absolute atomic E-state index is 0.0765. The van der Waals surface area contributed by atoms with Crippen molar-refractivity contribution in [2.24, 2.45) is 0 Å². The molecule has 0 aliphatic carbocycles. The van der Waals surface area contributed by atoms with E-state index in [4.69, 9.17) is 5.73 Å². The molecule has 1 heterocycles. The van der Waals surface area contributed by atoms with Crippen molar-refractivity contribution in [3.05, 3.63) is 47.7 Å². The first-order chi connectivity index (χ1) is 9.61. The van der Waals surface area contributed by atoms with Gasteiger partial charge in [-0.2, -0.15) is 5.10 Å². The first-order valence-electron chi connectivity index (χ1n) is 6.77. The summed E-state index contributed by atoms with van der Waals surface area (Å²) in [7, 11) is 0. The van der Waals surface area contributed by atoms with Crippen molar-refractivity contribution in [1.82, 2.24) is 15.1 Å². The van der Waals surface area contributed by atoms with Gasteiger partial charge in [-0.05, 0) is 18.9 Å². The zero-order valence-corrected chi connectivity index (χ0v) is 11.8. The van der Waals surface area contributed by atoms with E-state index >= 15 is 0 Å². The SMILES string of the molecule is CCC(C)N(Cc1ccccc1)C(=O)c1cc(N)n[nH]1. The molecule has 1 unspecified atom stereocenters. The Morgan fingerprint density at radius 1 is 1.40 bits per heavy atom. The van der Waals surface area contributed by atoms with Crippen molar-refractivity contribution in [3.8, 4) is 0 Å². The van der Waals surface area contributed by atoms with Crippen LogP contribution in [-0.4, -0.2) is 27.0 Å². The fraction of sp³-hybridized carbons (Fsp3) is 0.333. The number of H-pyrrole nitrogens is 1. The van der Waals surface area contributed by atoms with E-state index in [1.807, 2.05) is 42.2 Å². The Kier molecular flexibility index (Phi) is 4.40. The molecule has 5 heteroatoms. The zero-order valence-electron chi connectivity index (χ0n) is 11.8. The second kappa shape index (κ2) is 6.23. The average molecular weight is 272 g/mol. The number of aromatic nitrogens is 2. The Hall–Kier alpha value is -2.30. The number of aromatic amines is 1. The minimum atomic E-state index is -0.0765. The van der Waals surface area contributed by atoms with Crippen molar-refractivity contribution in [2.45, 2.75) is 32.9 Å². The fourth-order valence-corrected chi connectivity index (χ4v) is 2.03. The van der Waals surface area contributed by atoms with Crippen molar-refractivity contribution in [1.29, 1.82) is 0 Å². The molecular formula is C15H20N4O. The summed E-state index contributed by atoms with van der Waals surface area (Å²) in [6.45, 7) is 4.69. The molecule has 0 bridgehead atoms. The van der Waals surface area contributed by atoms with E-state index in [2.05, 4.69) is 17.1 Å². The molecule has 1 amide bonds. The van der Waals surface area contributed by atoms with Gasteiger partial charge in [0.15, 0.2) is 0 Å². The van der Waals surface area contributed by atoms with Crippen LogP contribution in [0.3, 0.4) is 0 Å². The maximum absolute atomic E-state index is 12.6. The summed E-state index contributed by atoms with van der Waals surface area (Å²) in [4.78, 5) is 14.4. The summed E-state index contributed by atoms with van der Waals surface area (Å²) >= 11 is 0. The van der Waals surface area contributed by atoms with Crippen molar-refractivity contribution < 1.29 is 4.79 Å². The van der Waals surface area contributed by atoms with E-state index in [0.29, 0.717) is 18.1 Å². The lowest BCUT2D eigenvalue weighted by molar-refractivity contribution is 0.0665. The van der Waals surface area contributed by atoms with Crippen LogP contribution < -0.4 is 5.73 Å². The van der Waals surface area contributed by atoms with Gasteiger partial charge in [-0.25, -0.2) is 0 Å². The molecule has 106 valence electrons. The third-order valence-electron chi connectivity index (χ3n) is 3.41. The van der Waals surface area contributed by atoms with Crippen LogP contribution in [0.2, 0.25) is 0 Å². The van der Waals surface area contributed by atoms with Crippen LogP contribution in [0.5, 0.6) is 0 Å². The standard InChI is InChI=1S/C15H20N4O/c1-3-11(2)19(10-12-7-5-4-6-8-12)15(20)13-9-14(16)18-17-13/h4-9,11H,3,10H2,1-2H3,(H3,16,17,18). The van der Waals surface area contributed by atoms with Crippen LogP contribution in [0, 0.1) is 0 Å². The molecule has 3 N–H and O–H groups in total. The highest BCUT2D eigenvalue weighted by Gasteiger charge is 2.22. The number of nitrogen functional groups attached to an aromatic ring is 1. The summed E-state index contributed by atoms with van der Waals surface area (Å²) in [6.07, 6.45) is 0.891. The summed E-state index contributed by atoms with van der Waals surface area (Å²) in [5, 5.41) is 6.50. The van der Waals surface area contributed by atoms with Crippen LogP contribution in [0.4, 0.5) is 5.82 Å². The number of rotatable bonds is 5. The second-order valence-corrected chi connectivity index (χ2v) is 4.88. The molecule has 0 fully saturated rings. The van der Waals surface area contributed by atoms with E-state index in [9.17, 15) is 4.79 Å². The van der Waals surface area contributed by atoms with Crippen molar-refractivity contribution in [3.63, 3.8) is 0 Å². The van der Waals surface area contributed by atoms with Crippen LogP contribution in [0.25, 0.3) is 0 Å². The number of carbonyl (C=O) groups is 1. The molecule has 20 heavy (non-hydrogen) atoms. The summed E-state index contributed by atoms with van der Waals surface area (Å²) in [6, 6.07) is 11.7. The number of nitrogens with one attached hydrogen (secondary N) is 1. The lowest BCUT2D eigenvalue weighted by Crippen LogP contribution is -2.38. The van der Waals surface area contributed by atoms with Gasteiger partial charge in [0.1, 0.15) is 11.5 Å². The van der Waals surface area contributed by atoms with E-state index in [1.165, 1.54) is 0 Å². The highest BCUT2D eigenvalue weighted by atomic mass is 16.2. The summed E-state index contributed by atoms with van der Waals surface area (Å²) in [5.41, 5.74) is 7.10. The molecule has 1 atom stereocenters. The second-order valence-electron chi connectivity index (χ2n) is 4.88. The molecule has 0 aliphatic rings. The summed E-state index contributed by atoms with van der Waals surface area (Å²) in [5.74, 6) is 0.254. The van der Waals surface area contributed by atoms with Gasteiger partial charge in [-0.15, -0.1) is 0 Å². The van der Waals surface area contributed by atoms with Crippen molar-refractivity contribution in [2.75, 3.05) is 5.73 Å².